The van der Waals surface area contributed by atoms with Gasteiger partial charge in [0, 0.05) is 18.1 Å². The van der Waals surface area contributed by atoms with Gasteiger partial charge in [-0.05, 0) is 32.0 Å². The van der Waals surface area contributed by atoms with Crippen LogP contribution in [-0.4, -0.2) is 32.8 Å². The van der Waals surface area contributed by atoms with Crippen molar-refractivity contribution in [2.75, 3.05) is 13.1 Å². The molecule has 0 atom stereocenters. The molecule has 2 heterocycles. The van der Waals surface area contributed by atoms with Crippen LogP contribution in [0.5, 0.6) is 0 Å². The Kier molecular flexibility index (Phi) is 3.53. The minimum Gasteiger partial charge on any atom is -0.317 e. The van der Waals surface area contributed by atoms with Crippen LogP contribution in [0.4, 0.5) is 5.69 Å². The predicted octanol–water partition coefficient (Wildman–Crippen LogP) is 0.936. The Bertz CT molecular complexity index is 715. The number of aromatic nitrogens is 3. The zero-order valence-corrected chi connectivity index (χ0v) is 11.3. The van der Waals surface area contributed by atoms with Crippen LogP contribution in [0.3, 0.4) is 0 Å². The molecule has 21 heavy (non-hydrogen) atoms. The molecule has 0 saturated carbocycles. The summed E-state index contributed by atoms with van der Waals surface area (Å²) in [5, 5.41) is 20.7. The first-order valence-corrected chi connectivity index (χ1v) is 6.79. The van der Waals surface area contributed by atoms with Gasteiger partial charge in [0.15, 0.2) is 0 Å². The summed E-state index contributed by atoms with van der Waals surface area (Å²) in [6.45, 7) is 1.75. The summed E-state index contributed by atoms with van der Waals surface area (Å²) in [7, 11) is 0. The first kappa shape index (κ1) is 13.5. The van der Waals surface area contributed by atoms with Gasteiger partial charge in [-0.1, -0.05) is 6.07 Å². The van der Waals surface area contributed by atoms with Gasteiger partial charge in [-0.25, -0.2) is 14.5 Å². The average molecular weight is 289 g/mol. The van der Waals surface area contributed by atoms with Crippen molar-refractivity contribution in [2.45, 2.75) is 18.8 Å². The van der Waals surface area contributed by atoms with E-state index in [1.165, 1.54) is 16.7 Å². The number of benzene rings is 1. The molecule has 2 N–H and O–H groups in total. The third kappa shape index (κ3) is 2.57. The molecule has 1 aromatic carbocycles. The molecular formula is C13H15N5O3. The quantitative estimate of drug-likeness (QED) is 0.646. The smallest absolute Gasteiger partial charge is 0.317 e. The molecule has 3 rings (SSSR count). The second kappa shape index (κ2) is 5.49. The largest absolute Gasteiger partial charge is 0.347 e. The van der Waals surface area contributed by atoms with Gasteiger partial charge in [-0.3, -0.25) is 10.1 Å². The summed E-state index contributed by atoms with van der Waals surface area (Å²) in [5.41, 5.74) is 0.0531. The Hall–Kier alpha value is -2.48. The minimum atomic E-state index is -0.473. The number of aromatic amines is 1. The maximum absolute atomic E-state index is 12.0. The van der Waals surface area contributed by atoms with Crippen LogP contribution in [0.25, 0.3) is 5.69 Å². The highest BCUT2D eigenvalue weighted by atomic mass is 16.6. The first-order chi connectivity index (χ1) is 10.2. The number of hydrogen-bond acceptors (Lipinski definition) is 5. The second-order valence-electron chi connectivity index (χ2n) is 5.02. The zero-order valence-electron chi connectivity index (χ0n) is 11.3. The van der Waals surface area contributed by atoms with Crippen molar-refractivity contribution in [3.8, 4) is 5.69 Å². The standard InChI is InChI=1S/C13H15N5O3/c19-13-16-15-12(9-4-6-14-7-5-9)17(13)10-2-1-3-11(8-10)18(20)21/h1-3,8-9,14H,4-7H2,(H,16,19). The van der Waals surface area contributed by atoms with Gasteiger partial charge < -0.3 is 5.32 Å². The molecule has 0 radical (unpaired) electrons. The number of nitrogens with one attached hydrogen (secondary N) is 2. The van der Waals surface area contributed by atoms with Crippen LogP contribution in [0.1, 0.15) is 24.6 Å². The highest BCUT2D eigenvalue weighted by Gasteiger charge is 2.23. The Labute approximate surface area is 119 Å². The van der Waals surface area contributed by atoms with Gasteiger partial charge >= 0.3 is 5.69 Å². The Balaban J connectivity index is 2.05. The number of hydrogen-bond donors (Lipinski definition) is 2. The molecular weight excluding hydrogens is 274 g/mol. The summed E-state index contributed by atoms with van der Waals surface area (Å²) < 4.78 is 1.43. The summed E-state index contributed by atoms with van der Waals surface area (Å²) in [6.07, 6.45) is 1.78. The predicted molar refractivity (Wildman–Crippen MR) is 75.7 cm³/mol. The third-order valence-corrected chi connectivity index (χ3v) is 3.70. The lowest BCUT2D eigenvalue weighted by molar-refractivity contribution is -0.384. The lowest BCUT2D eigenvalue weighted by Gasteiger charge is -2.22. The van der Waals surface area contributed by atoms with Crippen LogP contribution in [0.15, 0.2) is 29.1 Å². The van der Waals surface area contributed by atoms with Crippen molar-refractivity contribution < 1.29 is 4.92 Å². The van der Waals surface area contributed by atoms with E-state index in [-0.39, 0.29) is 17.3 Å². The van der Waals surface area contributed by atoms with E-state index >= 15 is 0 Å². The molecule has 0 aliphatic carbocycles. The summed E-state index contributed by atoms with van der Waals surface area (Å²) >= 11 is 0. The van der Waals surface area contributed by atoms with Crippen molar-refractivity contribution in [1.29, 1.82) is 0 Å². The lowest BCUT2D eigenvalue weighted by atomic mass is 9.97. The number of nitro groups is 1. The zero-order chi connectivity index (χ0) is 14.8. The molecule has 8 heteroatoms. The number of non-ortho nitro benzene ring substituents is 1. The van der Waals surface area contributed by atoms with E-state index in [4.69, 9.17) is 0 Å². The van der Waals surface area contributed by atoms with E-state index < -0.39 is 4.92 Å². The molecule has 1 aliphatic heterocycles. The maximum atomic E-state index is 12.0. The van der Waals surface area contributed by atoms with Gasteiger partial charge in [0.2, 0.25) is 0 Å². The van der Waals surface area contributed by atoms with E-state index in [0.717, 1.165) is 25.9 Å². The molecule has 1 aliphatic rings. The van der Waals surface area contributed by atoms with E-state index in [2.05, 4.69) is 15.5 Å². The number of nitrogens with zero attached hydrogens (tertiary/aromatic N) is 3. The van der Waals surface area contributed by atoms with Gasteiger partial charge in [0.05, 0.1) is 10.6 Å². The maximum Gasteiger partial charge on any atom is 0.347 e. The van der Waals surface area contributed by atoms with Crippen LogP contribution in [-0.2, 0) is 0 Å². The molecule has 0 spiro atoms. The van der Waals surface area contributed by atoms with Gasteiger partial charge in [0.25, 0.3) is 5.69 Å². The molecule has 0 bridgehead atoms. The fourth-order valence-electron chi connectivity index (χ4n) is 2.66. The normalized spacial score (nSPS) is 16.0. The van der Waals surface area contributed by atoms with Gasteiger partial charge in [0.1, 0.15) is 5.82 Å². The van der Waals surface area contributed by atoms with Crippen LogP contribution in [0.2, 0.25) is 0 Å². The molecule has 0 unspecified atom stereocenters. The highest BCUT2D eigenvalue weighted by molar-refractivity contribution is 5.43. The Morgan fingerprint density at radius 2 is 2.10 bits per heavy atom. The Morgan fingerprint density at radius 3 is 2.81 bits per heavy atom. The summed E-state index contributed by atoms with van der Waals surface area (Å²) in [5.74, 6) is 0.812. The third-order valence-electron chi connectivity index (χ3n) is 3.70. The average Bonchev–Trinajstić information content (AvgIpc) is 2.90. The summed E-state index contributed by atoms with van der Waals surface area (Å²) in [6, 6.07) is 6.04. The molecule has 1 fully saturated rings. The van der Waals surface area contributed by atoms with E-state index in [9.17, 15) is 14.9 Å². The summed E-state index contributed by atoms with van der Waals surface area (Å²) in [4.78, 5) is 22.4. The van der Waals surface area contributed by atoms with Gasteiger partial charge in [-0.15, -0.1) is 0 Å². The first-order valence-electron chi connectivity index (χ1n) is 6.79. The molecule has 8 nitrogen and oxygen atoms in total. The topological polar surface area (TPSA) is 106 Å². The molecule has 1 aromatic heterocycles. The number of H-pyrrole nitrogens is 1. The van der Waals surface area contributed by atoms with Gasteiger partial charge in [-0.2, -0.15) is 5.10 Å². The monoisotopic (exact) mass is 289 g/mol. The number of rotatable bonds is 3. The fraction of sp³-hybridized carbons (Fsp3) is 0.385. The van der Waals surface area contributed by atoms with Crippen molar-refractivity contribution in [3.63, 3.8) is 0 Å². The van der Waals surface area contributed by atoms with Crippen molar-refractivity contribution in [2.24, 2.45) is 0 Å². The fourth-order valence-corrected chi connectivity index (χ4v) is 2.66. The molecule has 110 valence electrons. The molecule has 1 saturated heterocycles. The number of nitro benzene ring substituents is 1. The SMILES string of the molecule is O=c1[nH]nc(C2CCNCC2)n1-c1cccc([N+](=O)[O-])c1. The van der Waals surface area contributed by atoms with Crippen LogP contribution in [0, 0.1) is 10.1 Å². The van der Waals surface area contributed by atoms with Crippen molar-refractivity contribution in [3.05, 3.63) is 50.7 Å². The van der Waals surface area contributed by atoms with Crippen molar-refractivity contribution in [1.82, 2.24) is 20.1 Å². The highest BCUT2D eigenvalue weighted by Crippen LogP contribution is 2.25. The molecule has 2 aromatic rings. The Morgan fingerprint density at radius 1 is 1.33 bits per heavy atom. The molecule has 0 amide bonds. The van der Waals surface area contributed by atoms with E-state index in [0.29, 0.717) is 11.5 Å². The number of piperidine rings is 1. The minimum absolute atomic E-state index is 0.0446. The van der Waals surface area contributed by atoms with Crippen LogP contribution < -0.4 is 11.0 Å². The van der Waals surface area contributed by atoms with E-state index in [1.54, 1.807) is 12.1 Å². The van der Waals surface area contributed by atoms with Crippen molar-refractivity contribution >= 4 is 5.69 Å². The lowest BCUT2D eigenvalue weighted by Crippen LogP contribution is -2.29. The van der Waals surface area contributed by atoms with E-state index in [1.807, 2.05) is 0 Å². The second-order valence-corrected chi connectivity index (χ2v) is 5.02. The van der Waals surface area contributed by atoms with Crippen LogP contribution >= 0.6 is 0 Å².